The molecule has 0 N–H and O–H groups in total. The number of hydrogen-bond donors (Lipinski definition) is 0. The zero-order valence-electron chi connectivity index (χ0n) is 12.1. The van der Waals surface area contributed by atoms with E-state index in [-0.39, 0.29) is 5.56 Å². The molecule has 0 fully saturated rings. The topological polar surface area (TPSA) is 47.3 Å². The number of thiazole rings is 1. The zero-order chi connectivity index (χ0) is 16.7. The highest BCUT2D eigenvalue weighted by atomic mass is 79.9. The summed E-state index contributed by atoms with van der Waals surface area (Å²) in [5, 5.41) is 4.95. The van der Waals surface area contributed by atoms with E-state index in [1.807, 2.05) is 42.5 Å². The lowest BCUT2D eigenvalue weighted by atomic mass is 10.2. The Labute approximate surface area is 154 Å². The van der Waals surface area contributed by atoms with Gasteiger partial charge in [0, 0.05) is 15.1 Å². The van der Waals surface area contributed by atoms with Crippen molar-refractivity contribution in [2.24, 2.45) is 0 Å². The van der Waals surface area contributed by atoms with Gasteiger partial charge in [0.05, 0.1) is 4.53 Å². The van der Waals surface area contributed by atoms with Crippen LogP contribution in [0.25, 0.3) is 22.4 Å². The molecule has 0 amide bonds. The van der Waals surface area contributed by atoms with Crippen LogP contribution in [0.15, 0.2) is 57.8 Å². The lowest BCUT2D eigenvalue weighted by molar-refractivity contribution is 0.936. The fourth-order valence-electron chi connectivity index (χ4n) is 2.32. The summed E-state index contributed by atoms with van der Waals surface area (Å²) in [4.78, 5) is 17.6. The third-order valence-electron chi connectivity index (χ3n) is 3.49. The number of aromatic nitrogens is 3. The van der Waals surface area contributed by atoms with E-state index in [0.29, 0.717) is 20.3 Å². The second-order valence-corrected chi connectivity index (χ2v) is 7.32. The fourth-order valence-corrected chi connectivity index (χ4v) is 3.87. The van der Waals surface area contributed by atoms with Crippen molar-refractivity contribution in [1.82, 2.24) is 14.6 Å². The van der Waals surface area contributed by atoms with Crippen LogP contribution in [-0.4, -0.2) is 14.6 Å². The zero-order valence-corrected chi connectivity index (χ0v) is 15.3. The number of benzene rings is 2. The number of rotatable bonds is 2. The van der Waals surface area contributed by atoms with Gasteiger partial charge in [-0.25, -0.2) is 0 Å². The molecule has 0 bridgehead atoms. The van der Waals surface area contributed by atoms with Crippen LogP contribution < -0.4 is 10.1 Å². The molecule has 4 nitrogen and oxygen atoms in total. The van der Waals surface area contributed by atoms with Crippen LogP contribution in [0, 0.1) is 0 Å². The first kappa shape index (κ1) is 15.5. The fraction of sp³-hybridized carbons (Fsp3) is 0. The minimum Gasteiger partial charge on any atom is -0.266 e. The largest absolute Gasteiger partial charge is 0.291 e. The molecule has 0 aliphatic carbocycles. The molecule has 4 rings (SSSR count). The third-order valence-corrected chi connectivity index (χ3v) is 5.48. The molecular weight excluding hydrogens is 410 g/mol. The van der Waals surface area contributed by atoms with Crippen LogP contribution in [0.5, 0.6) is 0 Å². The molecule has 0 saturated carbocycles. The Morgan fingerprint density at radius 2 is 1.88 bits per heavy atom. The first-order chi connectivity index (χ1) is 11.6. The monoisotopic (exact) mass is 417 g/mol. The molecule has 0 unspecified atom stereocenters. The highest BCUT2D eigenvalue weighted by Crippen LogP contribution is 2.25. The highest BCUT2D eigenvalue weighted by Gasteiger charge is 2.13. The van der Waals surface area contributed by atoms with E-state index in [2.05, 4.69) is 26.0 Å². The van der Waals surface area contributed by atoms with E-state index in [4.69, 9.17) is 11.6 Å². The number of halogens is 2. The molecule has 0 spiro atoms. The molecule has 7 heteroatoms. The number of fused-ring (bicyclic) bond motifs is 1. The second-order valence-electron chi connectivity index (χ2n) is 5.05. The molecule has 0 atom stereocenters. The van der Waals surface area contributed by atoms with Crippen molar-refractivity contribution < 1.29 is 0 Å². The maximum absolute atomic E-state index is 12.6. The molecular formula is C17H9BrClN3OS. The molecule has 2 aromatic carbocycles. The van der Waals surface area contributed by atoms with Crippen LogP contribution in [-0.2, 0) is 0 Å². The maximum Gasteiger partial charge on any atom is 0.291 e. The molecule has 0 aliphatic rings. The predicted molar refractivity (Wildman–Crippen MR) is 101 cm³/mol. The average molecular weight is 419 g/mol. The Balaban J connectivity index is 1.87. The van der Waals surface area contributed by atoms with Crippen LogP contribution in [0.3, 0.4) is 0 Å². The van der Waals surface area contributed by atoms with Crippen molar-refractivity contribution in [2.45, 2.75) is 0 Å². The van der Waals surface area contributed by atoms with E-state index in [0.717, 1.165) is 15.6 Å². The molecule has 4 aromatic rings. The van der Waals surface area contributed by atoms with Gasteiger partial charge in [-0.2, -0.15) is 9.50 Å². The van der Waals surface area contributed by atoms with Gasteiger partial charge in [0.2, 0.25) is 4.96 Å². The second kappa shape index (κ2) is 6.12. The summed E-state index contributed by atoms with van der Waals surface area (Å²) in [6.45, 7) is 0. The van der Waals surface area contributed by atoms with E-state index >= 15 is 0 Å². The van der Waals surface area contributed by atoms with Crippen LogP contribution >= 0.6 is 38.9 Å². The van der Waals surface area contributed by atoms with E-state index < -0.39 is 0 Å². The Kier molecular flexibility index (Phi) is 3.96. The predicted octanol–water partition coefficient (Wildman–Crippen LogP) is 3.78. The van der Waals surface area contributed by atoms with Crippen molar-refractivity contribution in [2.75, 3.05) is 0 Å². The van der Waals surface area contributed by atoms with Gasteiger partial charge in [0.25, 0.3) is 5.56 Å². The molecule has 0 radical (unpaired) electrons. The quantitative estimate of drug-likeness (QED) is 0.498. The van der Waals surface area contributed by atoms with Gasteiger partial charge >= 0.3 is 0 Å². The standard InChI is InChI=1S/C17H9BrClN3OS/c18-12-7-3-2-6-11(12)15-20-17-22(21-15)16(23)14(24-17)9-10-5-1-4-8-13(10)19/h1-9H/b14-9-. The Morgan fingerprint density at radius 3 is 2.62 bits per heavy atom. The lowest BCUT2D eigenvalue weighted by Crippen LogP contribution is -2.23. The van der Waals surface area contributed by atoms with Gasteiger partial charge in [-0.1, -0.05) is 69.2 Å². The van der Waals surface area contributed by atoms with Crippen molar-refractivity contribution >= 4 is 49.9 Å². The Hall–Kier alpha value is -2.02. The van der Waals surface area contributed by atoms with Crippen molar-refractivity contribution in [3.63, 3.8) is 0 Å². The van der Waals surface area contributed by atoms with Crippen molar-refractivity contribution in [1.29, 1.82) is 0 Å². The van der Waals surface area contributed by atoms with Crippen LogP contribution in [0.1, 0.15) is 5.56 Å². The first-order valence-electron chi connectivity index (χ1n) is 7.04. The minimum absolute atomic E-state index is 0.194. The number of nitrogens with zero attached hydrogens (tertiary/aromatic N) is 3. The summed E-state index contributed by atoms with van der Waals surface area (Å²) in [7, 11) is 0. The number of hydrogen-bond acceptors (Lipinski definition) is 4. The minimum atomic E-state index is -0.194. The highest BCUT2D eigenvalue weighted by molar-refractivity contribution is 9.10. The summed E-state index contributed by atoms with van der Waals surface area (Å²) in [5.41, 5.74) is 1.46. The molecule has 24 heavy (non-hydrogen) atoms. The third kappa shape index (κ3) is 2.66. The Morgan fingerprint density at radius 1 is 1.12 bits per heavy atom. The smallest absolute Gasteiger partial charge is 0.266 e. The summed E-state index contributed by atoms with van der Waals surface area (Å²) < 4.78 is 2.78. The molecule has 2 aromatic heterocycles. The summed E-state index contributed by atoms with van der Waals surface area (Å²) >= 11 is 10.9. The maximum atomic E-state index is 12.6. The lowest BCUT2D eigenvalue weighted by Gasteiger charge is -1.97. The average Bonchev–Trinajstić information content (AvgIpc) is 3.10. The van der Waals surface area contributed by atoms with Gasteiger partial charge in [0.15, 0.2) is 5.82 Å². The van der Waals surface area contributed by atoms with E-state index in [1.54, 1.807) is 12.1 Å². The molecule has 0 aliphatic heterocycles. The van der Waals surface area contributed by atoms with Gasteiger partial charge in [-0.3, -0.25) is 4.79 Å². The van der Waals surface area contributed by atoms with Gasteiger partial charge < -0.3 is 0 Å². The normalized spacial score (nSPS) is 12.2. The van der Waals surface area contributed by atoms with Gasteiger partial charge in [0.1, 0.15) is 0 Å². The summed E-state index contributed by atoms with van der Waals surface area (Å²) in [6, 6.07) is 15.0. The van der Waals surface area contributed by atoms with Gasteiger partial charge in [-0.15, -0.1) is 5.10 Å². The molecule has 118 valence electrons. The SMILES string of the molecule is O=c1/c(=C/c2ccccc2Cl)sc2nc(-c3ccccc3Br)nn12. The molecule has 2 heterocycles. The van der Waals surface area contributed by atoms with E-state index in [9.17, 15) is 4.79 Å². The van der Waals surface area contributed by atoms with Crippen LogP contribution in [0.4, 0.5) is 0 Å². The summed E-state index contributed by atoms with van der Waals surface area (Å²) in [5.74, 6) is 0.523. The van der Waals surface area contributed by atoms with Crippen molar-refractivity contribution in [3.8, 4) is 11.4 Å². The molecule has 0 saturated heterocycles. The summed E-state index contributed by atoms with van der Waals surface area (Å²) in [6.07, 6.45) is 1.77. The van der Waals surface area contributed by atoms with Crippen molar-refractivity contribution in [3.05, 3.63) is 78.5 Å². The first-order valence-corrected chi connectivity index (χ1v) is 9.03. The Bertz CT molecular complexity index is 1170. The van der Waals surface area contributed by atoms with Crippen LogP contribution in [0.2, 0.25) is 5.02 Å². The van der Waals surface area contributed by atoms with E-state index in [1.165, 1.54) is 15.9 Å². The van der Waals surface area contributed by atoms with Gasteiger partial charge in [-0.05, 0) is 29.8 Å².